The maximum atomic E-state index is 12.7. The van der Waals surface area contributed by atoms with Crippen molar-refractivity contribution in [2.45, 2.75) is 13.8 Å². The van der Waals surface area contributed by atoms with Crippen LogP contribution < -0.4 is 4.74 Å². The van der Waals surface area contributed by atoms with Crippen LogP contribution in [0, 0.1) is 12.7 Å². The minimum Gasteiger partial charge on any atom is -0.437 e. The number of ether oxygens (including phenoxy) is 1. The first-order chi connectivity index (χ1) is 8.06. The van der Waals surface area contributed by atoms with E-state index in [1.807, 2.05) is 0 Å². The van der Waals surface area contributed by atoms with Crippen molar-refractivity contribution >= 4 is 5.97 Å². The van der Waals surface area contributed by atoms with Gasteiger partial charge in [-0.3, -0.25) is 4.79 Å². The largest absolute Gasteiger partial charge is 0.437 e. The van der Waals surface area contributed by atoms with Crippen molar-refractivity contribution in [2.75, 3.05) is 0 Å². The fourth-order valence-electron chi connectivity index (χ4n) is 1.33. The van der Waals surface area contributed by atoms with E-state index < -0.39 is 5.97 Å². The van der Waals surface area contributed by atoms with E-state index in [1.54, 1.807) is 6.92 Å². The Labute approximate surface area is 97.0 Å². The molecule has 0 aliphatic rings. The number of halogens is 1. The van der Waals surface area contributed by atoms with Gasteiger partial charge in [-0.2, -0.15) is 4.98 Å². The summed E-state index contributed by atoms with van der Waals surface area (Å²) >= 11 is 0. The monoisotopic (exact) mass is 235 g/mol. The Hall–Kier alpha value is -2.17. The first kappa shape index (κ1) is 11.3. The van der Waals surface area contributed by atoms with Gasteiger partial charge in [0.25, 0.3) is 5.88 Å². The quantitative estimate of drug-likeness (QED) is 0.751. The van der Waals surface area contributed by atoms with Gasteiger partial charge in [0.1, 0.15) is 5.82 Å². The highest BCUT2D eigenvalue weighted by Crippen LogP contribution is 2.26. The highest BCUT2D eigenvalue weighted by atomic mass is 19.1. The molecule has 0 atom stereocenters. The summed E-state index contributed by atoms with van der Waals surface area (Å²) in [6.45, 7) is 2.92. The van der Waals surface area contributed by atoms with E-state index in [4.69, 9.17) is 9.15 Å². The third-order valence-corrected chi connectivity index (χ3v) is 2.09. The van der Waals surface area contributed by atoms with Gasteiger partial charge >= 0.3 is 5.97 Å². The number of hydrogen-bond acceptors (Lipinski definition) is 4. The van der Waals surface area contributed by atoms with Crippen molar-refractivity contribution in [1.29, 1.82) is 0 Å². The minimum atomic E-state index is -0.466. The highest BCUT2D eigenvalue weighted by Gasteiger charge is 2.13. The number of hydrogen-bond donors (Lipinski definition) is 0. The fraction of sp³-hybridized carbons (Fsp3) is 0.167. The summed E-state index contributed by atoms with van der Waals surface area (Å²) in [4.78, 5) is 14.8. The summed E-state index contributed by atoms with van der Waals surface area (Å²) < 4.78 is 22.9. The highest BCUT2D eigenvalue weighted by molar-refractivity contribution is 5.69. The molecule has 2 rings (SSSR count). The Morgan fingerprint density at radius 3 is 2.59 bits per heavy atom. The first-order valence-corrected chi connectivity index (χ1v) is 4.98. The zero-order chi connectivity index (χ0) is 12.4. The maximum absolute atomic E-state index is 12.7. The summed E-state index contributed by atoms with van der Waals surface area (Å²) in [5.41, 5.74) is 0.618. The van der Waals surface area contributed by atoms with Crippen LogP contribution in [0.25, 0.3) is 11.5 Å². The molecule has 1 heterocycles. The van der Waals surface area contributed by atoms with Crippen molar-refractivity contribution in [1.82, 2.24) is 4.98 Å². The minimum absolute atomic E-state index is 0.136. The van der Waals surface area contributed by atoms with Gasteiger partial charge in [-0.1, -0.05) is 0 Å². The molecule has 0 saturated heterocycles. The van der Waals surface area contributed by atoms with Gasteiger partial charge in [-0.25, -0.2) is 4.39 Å². The lowest BCUT2D eigenvalue weighted by molar-refractivity contribution is -0.132. The number of esters is 1. The third-order valence-electron chi connectivity index (χ3n) is 2.09. The van der Waals surface area contributed by atoms with Crippen LogP contribution in [0.5, 0.6) is 5.88 Å². The van der Waals surface area contributed by atoms with Crippen LogP contribution >= 0.6 is 0 Å². The Morgan fingerprint density at radius 2 is 2.00 bits per heavy atom. The van der Waals surface area contributed by atoms with E-state index >= 15 is 0 Å². The SMILES string of the molecule is CC(=O)Oc1nc(-c2ccc(F)cc2)oc1C. The summed E-state index contributed by atoms with van der Waals surface area (Å²) in [7, 11) is 0. The molecule has 88 valence electrons. The van der Waals surface area contributed by atoms with Gasteiger partial charge in [-0.05, 0) is 31.2 Å². The zero-order valence-corrected chi connectivity index (χ0v) is 9.36. The van der Waals surface area contributed by atoms with Crippen molar-refractivity contribution in [3.63, 3.8) is 0 Å². The molecule has 5 heteroatoms. The van der Waals surface area contributed by atoms with Crippen LogP contribution in [0.15, 0.2) is 28.7 Å². The van der Waals surface area contributed by atoms with Crippen LogP contribution in [-0.2, 0) is 4.79 Å². The van der Waals surface area contributed by atoms with E-state index in [9.17, 15) is 9.18 Å². The molecule has 1 aromatic heterocycles. The van der Waals surface area contributed by atoms with E-state index in [1.165, 1.54) is 31.2 Å². The lowest BCUT2D eigenvalue weighted by Gasteiger charge is -1.94. The van der Waals surface area contributed by atoms with Crippen LogP contribution in [0.4, 0.5) is 4.39 Å². The van der Waals surface area contributed by atoms with Gasteiger partial charge in [-0.15, -0.1) is 0 Å². The van der Waals surface area contributed by atoms with E-state index in [0.717, 1.165) is 0 Å². The lowest BCUT2D eigenvalue weighted by atomic mass is 10.2. The van der Waals surface area contributed by atoms with Gasteiger partial charge in [0, 0.05) is 12.5 Å². The average Bonchev–Trinajstić information content (AvgIpc) is 2.60. The normalized spacial score (nSPS) is 10.3. The molecule has 1 aromatic carbocycles. The molecule has 2 aromatic rings. The fourth-order valence-corrected chi connectivity index (χ4v) is 1.33. The predicted octanol–water partition coefficient (Wildman–Crippen LogP) is 2.71. The number of aromatic nitrogens is 1. The number of benzene rings is 1. The van der Waals surface area contributed by atoms with Crippen molar-refractivity contribution < 1.29 is 18.3 Å². The van der Waals surface area contributed by atoms with Gasteiger partial charge < -0.3 is 9.15 Å². The number of aryl methyl sites for hydroxylation is 1. The Bertz CT molecular complexity index is 545. The van der Waals surface area contributed by atoms with Crippen molar-refractivity contribution in [3.05, 3.63) is 35.8 Å². The molecule has 0 unspecified atom stereocenters. The standard InChI is InChI=1S/C12H10FNO3/c1-7-11(17-8(2)15)14-12(16-7)9-3-5-10(13)6-4-9/h3-6H,1-2H3. The Kier molecular flexibility index (Phi) is 2.91. The van der Waals surface area contributed by atoms with E-state index in [-0.39, 0.29) is 11.7 Å². The Balaban J connectivity index is 2.34. The second-order valence-corrected chi connectivity index (χ2v) is 3.48. The molecule has 0 aliphatic heterocycles. The smallest absolute Gasteiger partial charge is 0.309 e. The molecule has 0 saturated carbocycles. The molecular formula is C12H10FNO3. The van der Waals surface area contributed by atoms with Crippen molar-refractivity contribution in [3.8, 4) is 17.3 Å². The number of carbonyl (C=O) groups is 1. The molecule has 0 amide bonds. The first-order valence-electron chi connectivity index (χ1n) is 4.98. The number of nitrogens with zero attached hydrogens (tertiary/aromatic N) is 1. The van der Waals surface area contributed by atoms with Crippen LogP contribution in [-0.4, -0.2) is 11.0 Å². The van der Waals surface area contributed by atoms with Crippen molar-refractivity contribution in [2.24, 2.45) is 0 Å². The molecule has 0 aliphatic carbocycles. The van der Waals surface area contributed by atoms with Gasteiger partial charge in [0.15, 0.2) is 5.76 Å². The summed E-state index contributed by atoms with van der Waals surface area (Å²) in [6.07, 6.45) is 0. The summed E-state index contributed by atoms with van der Waals surface area (Å²) in [5, 5.41) is 0. The summed E-state index contributed by atoms with van der Waals surface area (Å²) in [6, 6.07) is 5.69. The van der Waals surface area contributed by atoms with E-state index in [2.05, 4.69) is 4.98 Å². The molecule has 0 fully saturated rings. The predicted molar refractivity (Wildman–Crippen MR) is 57.9 cm³/mol. The summed E-state index contributed by atoms with van der Waals surface area (Å²) in [5.74, 6) is 0.0272. The zero-order valence-electron chi connectivity index (χ0n) is 9.36. The van der Waals surface area contributed by atoms with Crippen LogP contribution in [0.2, 0.25) is 0 Å². The molecule has 17 heavy (non-hydrogen) atoms. The van der Waals surface area contributed by atoms with E-state index in [0.29, 0.717) is 17.2 Å². The molecular weight excluding hydrogens is 225 g/mol. The third kappa shape index (κ3) is 2.50. The number of carbonyl (C=O) groups excluding carboxylic acids is 1. The number of rotatable bonds is 2. The lowest BCUT2D eigenvalue weighted by Crippen LogP contribution is -2.02. The second kappa shape index (κ2) is 4.37. The molecule has 0 spiro atoms. The van der Waals surface area contributed by atoms with Gasteiger partial charge in [0.05, 0.1) is 0 Å². The number of oxazole rings is 1. The molecule has 4 nitrogen and oxygen atoms in total. The molecule has 0 radical (unpaired) electrons. The van der Waals surface area contributed by atoms with Gasteiger partial charge in [0.2, 0.25) is 5.89 Å². The topological polar surface area (TPSA) is 52.3 Å². The maximum Gasteiger partial charge on any atom is 0.309 e. The Morgan fingerprint density at radius 1 is 1.35 bits per heavy atom. The molecule has 0 bridgehead atoms. The average molecular weight is 235 g/mol. The molecule has 0 N–H and O–H groups in total. The van der Waals surface area contributed by atoms with Crippen LogP contribution in [0.1, 0.15) is 12.7 Å². The van der Waals surface area contributed by atoms with Crippen LogP contribution in [0.3, 0.4) is 0 Å². The second-order valence-electron chi connectivity index (χ2n) is 3.48.